The topological polar surface area (TPSA) is 55.8 Å². The van der Waals surface area contributed by atoms with Crippen LogP contribution in [0.3, 0.4) is 0 Å². The highest BCUT2D eigenvalue weighted by atomic mass is 16.5. The van der Waals surface area contributed by atoms with E-state index in [1.807, 2.05) is 30.3 Å². The summed E-state index contributed by atoms with van der Waals surface area (Å²) in [4.78, 5) is 25.5. The highest BCUT2D eigenvalue weighted by Gasteiger charge is 2.16. The predicted octanol–water partition coefficient (Wildman–Crippen LogP) is 2.89. The van der Waals surface area contributed by atoms with Gasteiger partial charge in [0.15, 0.2) is 6.61 Å². The van der Waals surface area contributed by atoms with Crippen molar-refractivity contribution in [2.75, 3.05) is 26.3 Å². The van der Waals surface area contributed by atoms with Crippen LogP contribution in [0.5, 0.6) is 5.75 Å². The highest BCUT2D eigenvalue weighted by molar-refractivity contribution is 5.78. The lowest BCUT2D eigenvalue weighted by Gasteiger charge is -2.23. The molecule has 5 heteroatoms. The first-order valence-corrected chi connectivity index (χ1v) is 8.14. The standard InChI is InChI=1S/C18H27NO4/c1-4-22-18(21)11-13-19(12-10-15(2)3)17(20)14-23-16-8-6-5-7-9-16/h5-9,15H,4,10-14H2,1-3H3. The molecule has 1 aromatic rings. The minimum absolute atomic E-state index is 0.0229. The molecule has 0 N–H and O–H groups in total. The summed E-state index contributed by atoms with van der Waals surface area (Å²) in [5.74, 6) is 0.760. The molecule has 0 aliphatic carbocycles. The number of carbonyl (C=O) groups excluding carboxylic acids is 2. The summed E-state index contributed by atoms with van der Waals surface area (Å²) < 4.78 is 10.4. The first kappa shape index (κ1) is 19.0. The fraction of sp³-hybridized carbons (Fsp3) is 0.556. The van der Waals surface area contributed by atoms with E-state index < -0.39 is 0 Å². The molecule has 128 valence electrons. The molecule has 0 radical (unpaired) electrons. The van der Waals surface area contributed by atoms with E-state index in [1.165, 1.54) is 0 Å². The van der Waals surface area contributed by atoms with Crippen LogP contribution in [-0.4, -0.2) is 43.1 Å². The van der Waals surface area contributed by atoms with Crippen LogP contribution in [0.25, 0.3) is 0 Å². The Morgan fingerprint density at radius 1 is 1.13 bits per heavy atom. The third kappa shape index (κ3) is 8.24. The van der Waals surface area contributed by atoms with Gasteiger partial charge in [-0.25, -0.2) is 0 Å². The van der Waals surface area contributed by atoms with Crippen molar-refractivity contribution in [2.24, 2.45) is 5.92 Å². The van der Waals surface area contributed by atoms with Crippen LogP contribution in [0.2, 0.25) is 0 Å². The van der Waals surface area contributed by atoms with E-state index in [1.54, 1.807) is 11.8 Å². The molecule has 0 atom stereocenters. The average molecular weight is 321 g/mol. The third-order valence-corrected chi connectivity index (χ3v) is 3.33. The summed E-state index contributed by atoms with van der Waals surface area (Å²) in [6.07, 6.45) is 1.10. The van der Waals surface area contributed by atoms with Crippen LogP contribution in [0.15, 0.2) is 30.3 Å². The molecule has 0 unspecified atom stereocenters. The summed E-state index contributed by atoms with van der Waals surface area (Å²) >= 11 is 0. The Labute approximate surface area is 138 Å². The number of nitrogens with zero attached hydrogens (tertiary/aromatic N) is 1. The Kier molecular flexibility index (Phi) is 8.80. The second kappa shape index (κ2) is 10.6. The SMILES string of the molecule is CCOC(=O)CCN(CCC(C)C)C(=O)COc1ccccc1. The molecule has 1 rings (SSSR count). The number of para-hydroxylation sites is 1. The normalized spacial score (nSPS) is 10.4. The van der Waals surface area contributed by atoms with Gasteiger partial charge in [0.1, 0.15) is 5.75 Å². The van der Waals surface area contributed by atoms with Crippen LogP contribution in [0.4, 0.5) is 0 Å². The number of ether oxygens (including phenoxy) is 2. The molecule has 0 aromatic heterocycles. The molecule has 0 fully saturated rings. The zero-order valence-electron chi connectivity index (χ0n) is 14.3. The molecule has 0 bridgehead atoms. The Hall–Kier alpha value is -2.04. The summed E-state index contributed by atoms with van der Waals surface area (Å²) in [6.45, 7) is 7.30. The van der Waals surface area contributed by atoms with Crippen molar-refractivity contribution in [3.63, 3.8) is 0 Å². The number of amides is 1. The molecule has 0 aliphatic rings. The Bertz CT molecular complexity index is 473. The van der Waals surface area contributed by atoms with Gasteiger partial charge in [-0.05, 0) is 31.4 Å². The zero-order valence-corrected chi connectivity index (χ0v) is 14.3. The van der Waals surface area contributed by atoms with Crippen LogP contribution in [0.1, 0.15) is 33.6 Å². The lowest BCUT2D eigenvalue weighted by Crippen LogP contribution is -2.37. The largest absolute Gasteiger partial charge is 0.484 e. The van der Waals surface area contributed by atoms with Crippen LogP contribution in [0, 0.1) is 5.92 Å². The van der Waals surface area contributed by atoms with Crippen molar-refractivity contribution < 1.29 is 19.1 Å². The number of rotatable bonds is 10. The van der Waals surface area contributed by atoms with Gasteiger partial charge >= 0.3 is 5.97 Å². The molecule has 0 aliphatic heterocycles. The van der Waals surface area contributed by atoms with Crippen molar-refractivity contribution in [3.05, 3.63) is 30.3 Å². The number of carbonyl (C=O) groups is 2. The maximum atomic E-state index is 12.3. The van der Waals surface area contributed by atoms with Crippen molar-refractivity contribution in [3.8, 4) is 5.75 Å². The zero-order chi connectivity index (χ0) is 17.1. The Morgan fingerprint density at radius 3 is 2.43 bits per heavy atom. The molecule has 0 spiro atoms. The van der Waals surface area contributed by atoms with Gasteiger partial charge < -0.3 is 14.4 Å². The monoisotopic (exact) mass is 321 g/mol. The molecule has 0 saturated heterocycles. The number of hydrogen-bond donors (Lipinski definition) is 0. The van der Waals surface area contributed by atoms with Crippen molar-refractivity contribution >= 4 is 11.9 Å². The summed E-state index contributed by atoms with van der Waals surface area (Å²) in [7, 11) is 0. The number of benzene rings is 1. The van der Waals surface area contributed by atoms with Crippen LogP contribution in [-0.2, 0) is 14.3 Å². The minimum Gasteiger partial charge on any atom is -0.484 e. The van der Waals surface area contributed by atoms with Gasteiger partial charge in [0.2, 0.25) is 0 Å². The molecule has 0 saturated carbocycles. The average Bonchev–Trinajstić information content (AvgIpc) is 2.53. The molecule has 23 heavy (non-hydrogen) atoms. The highest BCUT2D eigenvalue weighted by Crippen LogP contribution is 2.09. The lowest BCUT2D eigenvalue weighted by molar-refractivity contribution is -0.144. The van der Waals surface area contributed by atoms with E-state index in [9.17, 15) is 9.59 Å². The minimum atomic E-state index is -0.279. The third-order valence-electron chi connectivity index (χ3n) is 3.33. The van der Waals surface area contributed by atoms with Gasteiger partial charge in [-0.15, -0.1) is 0 Å². The lowest BCUT2D eigenvalue weighted by atomic mass is 10.1. The Balaban J connectivity index is 2.51. The van der Waals surface area contributed by atoms with E-state index in [0.717, 1.165) is 6.42 Å². The van der Waals surface area contributed by atoms with Crippen LogP contribution < -0.4 is 4.74 Å². The summed E-state index contributed by atoms with van der Waals surface area (Å²) in [5, 5.41) is 0. The van der Waals surface area contributed by atoms with E-state index in [2.05, 4.69) is 13.8 Å². The van der Waals surface area contributed by atoms with E-state index in [0.29, 0.717) is 31.4 Å². The van der Waals surface area contributed by atoms with Gasteiger partial charge in [0.05, 0.1) is 13.0 Å². The van der Waals surface area contributed by atoms with Crippen molar-refractivity contribution in [1.29, 1.82) is 0 Å². The smallest absolute Gasteiger partial charge is 0.307 e. The van der Waals surface area contributed by atoms with Crippen molar-refractivity contribution in [1.82, 2.24) is 4.90 Å². The fourth-order valence-corrected chi connectivity index (χ4v) is 1.99. The maximum absolute atomic E-state index is 12.3. The first-order valence-electron chi connectivity index (χ1n) is 8.14. The maximum Gasteiger partial charge on any atom is 0.307 e. The van der Waals surface area contributed by atoms with Gasteiger partial charge in [-0.3, -0.25) is 9.59 Å². The summed E-state index contributed by atoms with van der Waals surface area (Å²) in [6, 6.07) is 9.23. The molecule has 0 heterocycles. The van der Waals surface area contributed by atoms with E-state index >= 15 is 0 Å². The predicted molar refractivity (Wildman–Crippen MR) is 89.2 cm³/mol. The molecular formula is C18H27NO4. The molecule has 5 nitrogen and oxygen atoms in total. The van der Waals surface area contributed by atoms with Gasteiger partial charge in [-0.1, -0.05) is 32.0 Å². The second-order valence-electron chi connectivity index (χ2n) is 5.72. The van der Waals surface area contributed by atoms with Gasteiger partial charge in [0, 0.05) is 13.1 Å². The van der Waals surface area contributed by atoms with E-state index in [4.69, 9.17) is 9.47 Å². The summed E-state index contributed by atoms with van der Waals surface area (Å²) in [5.41, 5.74) is 0. The van der Waals surface area contributed by atoms with Crippen molar-refractivity contribution in [2.45, 2.75) is 33.6 Å². The molecule has 1 amide bonds. The first-order chi connectivity index (χ1) is 11.0. The fourth-order valence-electron chi connectivity index (χ4n) is 1.99. The molecular weight excluding hydrogens is 294 g/mol. The van der Waals surface area contributed by atoms with Crippen LogP contribution >= 0.6 is 0 Å². The number of esters is 1. The second-order valence-corrected chi connectivity index (χ2v) is 5.72. The van der Waals surface area contributed by atoms with Gasteiger partial charge in [0.25, 0.3) is 5.91 Å². The Morgan fingerprint density at radius 2 is 1.83 bits per heavy atom. The number of hydrogen-bond acceptors (Lipinski definition) is 4. The van der Waals surface area contributed by atoms with Gasteiger partial charge in [-0.2, -0.15) is 0 Å². The molecule has 1 aromatic carbocycles. The quantitative estimate of drug-likeness (QED) is 0.622. The van der Waals surface area contributed by atoms with E-state index in [-0.39, 0.29) is 24.9 Å².